The number of methoxy groups -OCH3 is 8. The van der Waals surface area contributed by atoms with Gasteiger partial charge in [0.2, 0.25) is 10.9 Å². The fraction of sp³-hybridized carbons (Fsp3) is 0.474. The molecule has 6 amide bonds. The highest BCUT2D eigenvalue weighted by Gasteiger charge is 2.38. The molecule has 6 heterocycles. The van der Waals surface area contributed by atoms with Crippen LogP contribution in [0.5, 0.6) is 11.5 Å². The molecule has 2 aromatic heterocycles. The van der Waals surface area contributed by atoms with Crippen molar-refractivity contribution < 1.29 is 128 Å². The quantitative estimate of drug-likeness (QED) is 0.00845. The summed E-state index contributed by atoms with van der Waals surface area (Å²) < 4.78 is 106. The summed E-state index contributed by atoms with van der Waals surface area (Å²) in [7, 11) is 8.73. The van der Waals surface area contributed by atoms with Gasteiger partial charge in [-0.1, -0.05) is 108 Å². The lowest BCUT2D eigenvalue weighted by molar-refractivity contribution is -0.140. The number of rotatable bonds is 34. The molecule has 6 aromatic rings. The van der Waals surface area contributed by atoms with Crippen molar-refractivity contribution in [2.45, 2.75) is 91.2 Å². The molecule has 0 bridgehead atoms. The van der Waals surface area contributed by atoms with E-state index < -0.39 is 45.6 Å². The van der Waals surface area contributed by atoms with Crippen LogP contribution in [-0.2, 0) is 84.9 Å². The predicted octanol–water partition coefficient (Wildman–Crippen LogP) is 5.38. The summed E-state index contributed by atoms with van der Waals surface area (Å²) in [5.74, 6) is -1.89. The Kier molecular flexibility index (Phi) is 49.1. The number of Topliss-reactive ketones (excluding diaryl/α,β-unsaturated/α-hetero) is 1. The largest absolute Gasteiger partial charge is 0.483 e. The number of imide groups is 2. The maximum Gasteiger partial charge on any atom is 0.426 e. The van der Waals surface area contributed by atoms with Crippen LogP contribution >= 0.6 is 15.9 Å². The van der Waals surface area contributed by atoms with Crippen LogP contribution in [0.3, 0.4) is 0 Å². The second kappa shape index (κ2) is 55.4. The lowest BCUT2D eigenvalue weighted by atomic mass is 10.1. The third-order valence-electron chi connectivity index (χ3n) is 15.8. The monoisotopic (exact) mass is 1730 g/mol. The van der Waals surface area contributed by atoms with Crippen molar-refractivity contribution in [3.05, 3.63) is 199 Å². The van der Waals surface area contributed by atoms with Crippen LogP contribution in [-0.4, -0.2) is 280 Å². The molecule has 39 heteroatoms. The number of carbonyl (C=O) groups excluding carboxylic acids is 7. The van der Waals surface area contributed by atoms with Gasteiger partial charge in [-0.2, -0.15) is 8.42 Å². The van der Waals surface area contributed by atoms with E-state index in [2.05, 4.69) is 26.8 Å². The van der Waals surface area contributed by atoms with Crippen LogP contribution in [0.25, 0.3) is 0 Å². The van der Waals surface area contributed by atoms with Gasteiger partial charge in [0, 0.05) is 108 Å². The van der Waals surface area contributed by atoms with E-state index in [0.717, 1.165) is 26.0 Å². The summed E-state index contributed by atoms with van der Waals surface area (Å²) in [6, 6.07) is 34.8. The van der Waals surface area contributed by atoms with E-state index in [0.29, 0.717) is 74.4 Å². The smallest absolute Gasteiger partial charge is 0.426 e. The van der Waals surface area contributed by atoms with Gasteiger partial charge in [0.15, 0.2) is 53.8 Å². The maximum atomic E-state index is 13.2. The molecule has 37 nitrogen and oxygen atoms in total. The zero-order chi connectivity index (χ0) is 85.0. The minimum atomic E-state index is -3.67. The number of ketones is 1. The van der Waals surface area contributed by atoms with E-state index in [1.54, 1.807) is 114 Å². The van der Waals surface area contributed by atoms with Crippen molar-refractivity contribution >= 4 is 67.5 Å². The number of pyridine rings is 2. The second-order valence-electron chi connectivity index (χ2n) is 25.2. The number of nitrogens with one attached hydrogen (secondary N) is 2. The Morgan fingerprint density at radius 2 is 1.01 bits per heavy atom. The molecule has 4 aliphatic rings. The van der Waals surface area contributed by atoms with E-state index in [9.17, 15) is 51.6 Å². The van der Waals surface area contributed by atoms with E-state index in [1.807, 2.05) is 60.7 Å². The zero-order valence-electron chi connectivity index (χ0n) is 66.9. The van der Waals surface area contributed by atoms with Crippen molar-refractivity contribution in [3.63, 3.8) is 0 Å². The van der Waals surface area contributed by atoms with Crippen molar-refractivity contribution in [1.29, 1.82) is 0 Å². The molecule has 10 rings (SSSR count). The third-order valence-corrected chi connectivity index (χ3v) is 16.3. The van der Waals surface area contributed by atoms with Gasteiger partial charge in [0.05, 0.1) is 99.8 Å². The molecule has 1 saturated heterocycles. The van der Waals surface area contributed by atoms with Gasteiger partial charge in [-0.25, -0.2) is 10.2 Å². The maximum absolute atomic E-state index is 13.2. The topological polar surface area (TPSA) is 468 Å². The zero-order valence-corrected chi connectivity index (χ0v) is 69.3. The highest BCUT2D eigenvalue weighted by Crippen LogP contribution is 2.26. The number of ether oxygens (including phenoxy) is 15. The summed E-state index contributed by atoms with van der Waals surface area (Å²) in [6.07, 6.45) is 1.65. The average molecular weight is 1740 g/mol. The van der Waals surface area contributed by atoms with Gasteiger partial charge in [0.25, 0.3) is 39.7 Å². The van der Waals surface area contributed by atoms with E-state index in [1.165, 1.54) is 51.7 Å². The van der Waals surface area contributed by atoms with Crippen LogP contribution in [0.15, 0.2) is 143 Å². The number of aromatic nitrogens is 2. The fourth-order valence-electron chi connectivity index (χ4n) is 10.2. The van der Waals surface area contributed by atoms with Gasteiger partial charge >= 0.3 is 6.09 Å². The molecule has 8 N–H and O–H groups in total. The molecule has 0 saturated carbocycles. The Balaban J connectivity index is 0.000000498. The number of morpholine rings is 1. The lowest BCUT2D eigenvalue weighted by Crippen LogP contribution is -2.59. The van der Waals surface area contributed by atoms with Crippen LogP contribution in [0.2, 0.25) is 0 Å². The Labute approximate surface area is 688 Å². The van der Waals surface area contributed by atoms with Crippen molar-refractivity contribution in [1.82, 2.24) is 24.1 Å². The molecule has 0 aliphatic carbocycles. The summed E-state index contributed by atoms with van der Waals surface area (Å²) >= 11 is 3.19. The first kappa shape index (κ1) is 104. The number of hydrogen-bond acceptors (Lipinski definition) is 29. The first-order valence-electron chi connectivity index (χ1n) is 35.7. The molecule has 1 unspecified atom stereocenters. The number of nitrogens with two attached hydrogens (primary N) is 1. The number of halogens is 1. The Hall–Kier alpha value is -9.34. The molecule has 4 aromatic carbocycles. The number of hydrogen-bond donors (Lipinski definition) is 5. The summed E-state index contributed by atoms with van der Waals surface area (Å²) in [4.78, 5) is 115. The Morgan fingerprint density at radius 1 is 0.598 bits per heavy atom. The molecule has 1 atom stereocenters. The SMILES string of the molecule is C.COC(CBr)OC.COC(COCCCC(=O)c1c(OCc2ccccc2)c(=O)ccn1NC(=O)OC(C)(C)C)OC.COC(COCCN)OC.COC(COCCN1C(=O)c2ccccc2C1=O)OC.CS(=O)(=O)O.O.O=C1c2c(OCc3ccccc3)c(=O)ccn2NC2COCCN12.O=C1c2ccccc2C(=O)N1CCO. The first-order valence-corrected chi connectivity index (χ1v) is 38.7. The number of nitrogens with zero attached hydrogens (tertiary/aromatic N) is 5. The van der Waals surface area contributed by atoms with Crippen LogP contribution in [0.1, 0.15) is 115 Å². The molecule has 1 fully saturated rings. The Morgan fingerprint density at radius 3 is 1.43 bits per heavy atom. The van der Waals surface area contributed by atoms with Gasteiger partial charge < -0.3 is 97.7 Å². The standard InChI is InChI=1S/C25H34N2O8.C17H17N3O4.C14H17NO5.C10H9NO3.C6H15NO3.C4H9BrO2.CH4O3S.CH4.H2O/c1-25(2,3)35-24(30)26-27-14-13-20(29)23(34-16-18-10-7-6-8-11-18)22(27)19(28)12-9-15-33-17-21(31-4)32-5;21-13-6-7-20-15(16(13)24-10-12-4-2-1-3-5-12)17(22)19-8-9-23-11-14(19)18-20;1-18-12(19-2)9-20-8-7-15-13(16)10-5-3-4-6-11(10)14(15)17;12-6-5-11-9(13)7-3-1-2-4-8(7)10(11)14;1-8-6(9-2)5-10-4-3-7;1-6-4(3-5)7-2;1-5(2,3)4;;/h6-8,10-11,13-14,21H,9,12,15-17H2,1-5H3,(H,26,30);1-7,14,18H,8-11H2;3-6,12H,7-9H2,1-2H3;1-4,12H,5-6H2;6H,3-5,7H2,1-2H3;4H,3H2,1-2H3;1H3,(H,2,3,4);1H4;1H2. The lowest BCUT2D eigenvalue weighted by Gasteiger charge is -2.41. The number of benzene rings is 4. The van der Waals surface area contributed by atoms with E-state index >= 15 is 0 Å². The van der Waals surface area contributed by atoms with Crippen molar-refractivity contribution in [2.24, 2.45) is 5.73 Å². The van der Waals surface area contributed by atoms with Crippen molar-refractivity contribution in [3.8, 4) is 11.5 Å². The number of β-amino-alcohol motifs (C(OH)–C–C–N with tert-alkyl or cyclic N) is 1. The molecule has 650 valence electrons. The van der Waals surface area contributed by atoms with Crippen LogP contribution in [0, 0.1) is 0 Å². The number of fused-ring (bicyclic) bond motifs is 4. The molecule has 4 aliphatic heterocycles. The van der Waals surface area contributed by atoms with Gasteiger partial charge in [-0.3, -0.25) is 62.1 Å². The number of aliphatic hydroxyl groups excluding tert-OH is 1. The third kappa shape index (κ3) is 35.4. The molecular weight excluding hydrogens is 1620 g/mol. The number of aliphatic hydroxyl groups is 1. The van der Waals surface area contributed by atoms with Gasteiger partial charge in [0.1, 0.15) is 25.0 Å². The molecule has 117 heavy (non-hydrogen) atoms. The van der Waals surface area contributed by atoms with E-state index in [4.69, 9.17) is 86.4 Å². The van der Waals surface area contributed by atoms with Gasteiger partial charge in [-0.05, 0) is 62.6 Å². The Bertz CT molecular complexity index is 4140. The first-order chi connectivity index (χ1) is 55.0. The molecule has 0 spiro atoms. The summed E-state index contributed by atoms with van der Waals surface area (Å²) in [5.41, 5.74) is 13.0. The molecular formula is C78H111BrN8O29S. The highest BCUT2D eigenvalue weighted by molar-refractivity contribution is 9.09. The summed E-state index contributed by atoms with van der Waals surface area (Å²) in [6.45, 7) is 9.40. The summed E-state index contributed by atoms with van der Waals surface area (Å²) in [5, 5.41) is 9.42. The van der Waals surface area contributed by atoms with Gasteiger partial charge in [-0.15, -0.1) is 0 Å². The number of alkyl halides is 1. The van der Waals surface area contributed by atoms with E-state index in [-0.39, 0.29) is 155 Å². The highest BCUT2D eigenvalue weighted by atomic mass is 79.9. The number of amides is 6. The number of carbonyl (C=O) groups is 7. The van der Waals surface area contributed by atoms with Crippen LogP contribution in [0.4, 0.5) is 4.79 Å². The van der Waals surface area contributed by atoms with Crippen LogP contribution < -0.4 is 36.9 Å². The van der Waals surface area contributed by atoms with Crippen molar-refractivity contribution in [2.75, 3.05) is 165 Å². The average Bonchev–Trinajstić information content (AvgIpc) is 1.73. The second-order valence-corrected chi connectivity index (χ2v) is 27.3. The molecule has 0 radical (unpaired) electrons. The minimum absolute atomic E-state index is 0. The fourth-order valence-corrected chi connectivity index (χ4v) is 10.8. The minimum Gasteiger partial charge on any atom is -0.483 e. The normalized spacial score (nSPS) is 13.6. The predicted molar refractivity (Wildman–Crippen MR) is 432 cm³/mol.